The van der Waals surface area contributed by atoms with Gasteiger partial charge in [-0.2, -0.15) is 0 Å². The van der Waals surface area contributed by atoms with Crippen LogP contribution in [0.3, 0.4) is 0 Å². The van der Waals surface area contributed by atoms with Crippen molar-refractivity contribution in [2.24, 2.45) is 0 Å². The predicted molar refractivity (Wildman–Crippen MR) is 89.2 cm³/mol. The minimum Gasteiger partial charge on any atom is -0.486 e. The average Bonchev–Trinajstić information content (AvgIpc) is 3.13. The smallest absolute Gasteiger partial charge is 0.317 e. The summed E-state index contributed by atoms with van der Waals surface area (Å²) in [6.07, 6.45) is 5.15. The van der Waals surface area contributed by atoms with E-state index in [1.54, 1.807) is 17.4 Å². The maximum atomic E-state index is 12.3. The lowest BCUT2D eigenvalue weighted by atomic mass is 10.2. The van der Waals surface area contributed by atoms with Crippen molar-refractivity contribution in [3.05, 3.63) is 43.0 Å². The first-order chi connectivity index (χ1) is 11.8. The molecular weight excluding hydrogens is 308 g/mol. The van der Waals surface area contributed by atoms with Crippen molar-refractivity contribution in [1.82, 2.24) is 19.8 Å². The Morgan fingerprint density at radius 1 is 1.42 bits per heavy atom. The Hall–Kier alpha value is -2.70. The van der Waals surface area contributed by atoms with Gasteiger partial charge in [0.25, 0.3) is 0 Å². The van der Waals surface area contributed by atoms with Crippen molar-refractivity contribution in [2.75, 3.05) is 26.2 Å². The summed E-state index contributed by atoms with van der Waals surface area (Å²) in [6.45, 7) is 4.74. The second-order valence-corrected chi connectivity index (χ2v) is 5.57. The van der Waals surface area contributed by atoms with Crippen LogP contribution < -0.4 is 14.8 Å². The molecule has 1 N–H and O–H groups in total. The second-order valence-electron chi connectivity index (χ2n) is 5.57. The van der Waals surface area contributed by atoms with E-state index in [-0.39, 0.29) is 12.1 Å². The molecule has 0 aliphatic carbocycles. The van der Waals surface area contributed by atoms with Gasteiger partial charge in [0.15, 0.2) is 17.6 Å². The van der Waals surface area contributed by atoms with Gasteiger partial charge in [0.05, 0.1) is 12.9 Å². The van der Waals surface area contributed by atoms with Crippen LogP contribution in [0.2, 0.25) is 0 Å². The molecule has 0 fully saturated rings. The van der Waals surface area contributed by atoms with Crippen molar-refractivity contribution in [2.45, 2.75) is 19.6 Å². The Morgan fingerprint density at radius 2 is 2.25 bits per heavy atom. The lowest BCUT2D eigenvalue weighted by Gasteiger charge is -2.31. The van der Waals surface area contributed by atoms with Gasteiger partial charge in [-0.05, 0) is 19.1 Å². The van der Waals surface area contributed by atoms with E-state index in [4.69, 9.17) is 9.47 Å². The number of rotatable bonds is 6. The number of amides is 2. The third kappa shape index (κ3) is 3.98. The molecule has 0 saturated heterocycles. The molecule has 0 radical (unpaired) electrons. The van der Waals surface area contributed by atoms with Crippen LogP contribution in [0.25, 0.3) is 0 Å². The Labute approximate surface area is 141 Å². The molecule has 1 aromatic carbocycles. The summed E-state index contributed by atoms with van der Waals surface area (Å²) in [6, 6.07) is 7.48. The van der Waals surface area contributed by atoms with Crippen molar-refractivity contribution in [1.29, 1.82) is 0 Å². The molecule has 1 aliphatic rings. The van der Waals surface area contributed by atoms with Crippen LogP contribution in [0.15, 0.2) is 43.0 Å². The first-order valence-electron chi connectivity index (χ1n) is 8.13. The monoisotopic (exact) mass is 330 g/mol. The number of para-hydroxylation sites is 2. The van der Waals surface area contributed by atoms with Gasteiger partial charge in [0.2, 0.25) is 0 Å². The van der Waals surface area contributed by atoms with Gasteiger partial charge in [-0.15, -0.1) is 0 Å². The van der Waals surface area contributed by atoms with Gasteiger partial charge >= 0.3 is 6.03 Å². The van der Waals surface area contributed by atoms with Gasteiger partial charge < -0.3 is 24.3 Å². The highest BCUT2D eigenvalue weighted by atomic mass is 16.6. The molecule has 7 nitrogen and oxygen atoms in total. The van der Waals surface area contributed by atoms with Crippen LogP contribution in [0.5, 0.6) is 11.5 Å². The number of nitrogens with one attached hydrogen (secondary N) is 1. The lowest BCUT2D eigenvalue weighted by molar-refractivity contribution is 0.0675. The molecular formula is C17H22N4O3. The summed E-state index contributed by atoms with van der Waals surface area (Å²) in [5.74, 6) is 1.48. The molecule has 1 aromatic heterocycles. The number of urea groups is 1. The molecule has 0 bridgehead atoms. The van der Waals surface area contributed by atoms with E-state index in [1.165, 1.54) is 0 Å². The van der Waals surface area contributed by atoms with Gasteiger partial charge in [0.1, 0.15) is 6.61 Å². The fraction of sp³-hybridized carbons (Fsp3) is 0.412. The van der Waals surface area contributed by atoms with E-state index in [0.717, 1.165) is 11.5 Å². The van der Waals surface area contributed by atoms with Crippen molar-refractivity contribution >= 4 is 6.03 Å². The molecule has 7 heteroatoms. The van der Waals surface area contributed by atoms with Crippen LogP contribution in [0.1, 0.15) is 6.92 Å². The topological polar surface area (TPSA) is 68.6 Å². The fourth-order valence-corrected chi connectivity index (χ4v) is 2.58. The predicted octanol–water partition coefficient (Wildman–Crippen LogP) is 1.75. The summed E-state index contributed by atoms with van der Waals surface area (Å²) in [5.41, 5.74) is 0. The SMILES string of the molecule is CCN(C[C@H]1COc2ccccc2O1)C(=O)NCCn1ccnc1. The van der Waals surface area contributed by atoms with Crippen LogP contribution in [0, 0.1) is 0 Å². The maximum absolute atomic E-state index is 12.3. The van der Waals surface area contributed by atoms with E-state index in [1.807, 2.05) is 42.0 Å². The van der Waals surface area contributed by atoms with E-state index >= 15 is 0 Å². The number of likely N-dealkylation sites (N-methyl/N-ethyl adjacent to an activating group) is 1. The standard InChI is InChI=1S/C17H22N4O3/c1-2-21(17(22)19-8-10-20-9-7-18-13-20)11-14-12-23-15-5-3-4-6-16(15)24-14/h3-7,9,13-14H,2,8,10-12H2,1H3,(H,19,22)/t14-/m0/s1. The second kappa shape index (κ2) is 7.72. The van der Waals surface area contributed by atoms with E-state index in [0.29, 0.717) is 32.8 Å². The van der Waals surface area contributed by atoms with E-state index < -0.39 is 0 Å². The molecule has 24 heavy (non-hydrogen) atoms. The molecule has 0 saturated carbocycles. The molecule has 2 heterocycles. The molecule has 128 valence electrons. The number of benzene rings is 1. The Kier molecular flexibility index (Phi) is 5.20. The lowest BCUT2D eigenvalue weighted by Crippen LogP contribution is -2.47. The van der Waals surface area contributed by atoms with Gasteiger partial charge in [-0.3, -0.25) is 0 Å². The molecule has 1 atom stereocenters. The number of aromatic nitrogens is 2. The Morgan fingerprint density at radius 3 is 3.00 bits per heavy atom. The van der Waals surface area contributed by atoms with Gasteiger partial charge in [-0.1, -0.05) is 12.1 Å². The Bertz CT molecular complexity index is 660. The number of carbonyl (C=O) groups excluding carboxylic acids is 1. The minimum atomic E-state index is -0.167. The van der Waals surface area contributed by atoms with Crippen molar-refractivity contribution in [3.63, 3.8) is 0 Å². The highest BCUT2D eigenvalue weighted by molar-refractivity contribution is 5.74. The molecule has 2 amide bonds. The highest BCUT2D eigenvalue weighted by Crippen LogP contribution is 2.30. The van der Waals surface area contributed by atoms with Crippen LogP contribution in [-0.4, -0.2) is 52.8 Å². The third-order valence-corrected chi connectivity index (χ3v) is 3.87. The normalized spacial score (nSPS) is 15.8. The molecule has 3 rings (SSSR count). The summed E-state index contributed by atoms with van der Waals surface area (Å²) < 4.78 is 13.5. The van der Waals surface area contributed by atoms with Crippen molar-refractivity contribution < 1.29 is 14.3 Å². The maximum Gasteiger partial charge on any atom is 0.317 e. The Balaban J connectivity index is 1.48. The first-order valence-corrected chi connectivity index (χ1v) is 8.13. The molecule has 2 aromatic rings. The van der Waals surface area contributed by atoms with Crippen LogP contribution in [-0.2, 0) is 6.54 Å². The molecule has 0 unspecified atom stereocenters. The largest absolute Gasteiger partial charge is 0.486 e. The first kappa shape index (κ1) is 16.2. The highest BCUT2D eigenvalue weighted by Gasteiger charge is 2.24. The number of ether oxygens (including phenoxy) is 2. The van der Waals surface area contributed by atoms with Crippen LogP contribution >= 0.6 is 0 Å². The summed E-state index contributed by atoms with van der Waals surface area (Å²) in [4.78, 5) is 18.0. The number of hydrogen-bond donors (Lipinski definition) is 1. The van der Waals surface area contributed by atoms with E-state index in [9.17, 15) is 4.79 Å². The fourth-order valence-electron chi connectivity index (χ4n) is 2.58. The zero-order chi connectivity index (χ0) is 16.8. The summed E-state index contributed by atoms with van der Waals surface area (Å²) >= 11 is 0. The summed E-state index contributed by atoms with van der Waals surface area (Å²) in [7, 11) is 0. The quantitative estimate of drug-likeness (QED) is 0.876. The number of fused-ring (bicyclic) bond motifs is 1. The number of carbonyl (C=O) groups is 1. The molecule has 0 spiro atoms. The number of imidazole rings is 1. The molecule has 1 aliphatic heterocycles. The van der Waals surface area contributed by atoms with Gasteiger partial charge in [0, 0.05) is 32.0 Å². The summed E-state index contributed by atoms with van der Waals surface area (Å²) in [5, 5.41) is 2.92. The number of hydrogen-bond acceptors (Lipinski definition) is 4. The third-order valence-electron chi connectivity index (χ3n) is 3.87. The number of nitrogens with zero attached hydrogens (tertiary/aromatic N) is 3. The van der Waals surface area contributed by atoms with Gasteiger partial charge in [-0.25, -0.2) is 9.78 Å². The van der Waals surface area contributed by atoms with E-state index in [2.05, 4.69) is 10.3 Å². The van der Waals surface area contributed by atoms with Crippen molar-refractivity contribution in [3.8, 4) is 11.5 Å². The van der Waals surface area contributed by atoms with Crippen LogP contribution in [0.4, 0.5) is 4.79 Å². The average molecular weight is 330 g/mol. The minimum absolute atomic E-state index is 0.0972. The zero-order valence-corrected chi connectivity index (χ0v) is 13.7. The zero-order valence-electron chi connectivity index (χ0n) is 13.7.